The highest BCUT2D eigenvalue weighted by Crippen LogP contribution is 2.44. The Hall–Kier alpha value is -5.45. The van der Waals surface area contributed by atoms with Crippen molar-refractivity contribution in [2.75, 3.05) is 32.7 Å². The smallest absolute Gasteiger partial charge is 0.321 e. The van der Waals surface area contributed by atoms with Crippen LogP contribution in [0.4, 0.5) is 4.79 Å². The summed E-state index contributed by atoms with van der Waals surface area (Å²) in [6.07, 6.45) is 0.750. The van der Waals surface area contributed by atoms with E-state index in [-0.39, 0.29) is 48.2 Å². The second kappa shape index (κ2) is 21.0. The summed E-state index contributed by atoms with van der Waals surface area (Å²) in [5.74, 6) is -0.438. The summed E-state index contributed by atoms with van der Waals surface area (Å²) in [5.41, 5.74) is 7.39. The highest BCUT2D eigenvalue weighted by atomic mass is 32.2. The van der Waals surface area contributed by atoms with E-state index in [2.05, 4.69) is 64.3 Å². The van der Waals surface area contributed by atoms with Gasteiger partial charge in [0.25, 0.3) is 0 Å². The van der Waals surface area contributed by atoms with Crippen molar-refractivity contribution in [3.05, 3.63) is 141 Å². The Morgan fingerprint density at radius 3 is 2.23 bits per heavy atom. The average Bonchev–Trinajstić information content (AvgIpc) is 3.99. The minimum absolute atomic E-state index is 0.0239. The molecular formula is C49H59N7O6S2. The Balaban J connectivity index is 1.01. The highest BCUT2D eigenvalue weighted by Gasteiger charge is 2.41. The van der Waals surface area contributed by atoms with Crippen LogP contribution < -0.4 is 10.6 Å². The topological polar surface area (TPSA) is 168 Å². The van der Waals surface area contributed by atoms with Crippen LogP contribution >= 0.6 is 11.3 Å². The standard InChI is InChI=1S/C49H59N7O6S2/c1-5-34(4)47(48(58)53-44(25-35-13-7-6-8-14-35)45(57)31-55(29-33(2)3)64(61,62)38-21-19-36(20-22-38)26-51-60)56-24-23-54(49(56)59)30-37-32-63-46(52-37)28-50-27-43-41-17-11-9-15-39(41)40-16-10-12-18-42(40)43/h6-22,26,32-34,43-45,47,50,57,60H,5,23-25,27-31H2,1-4H3,(H,53,58)/t34-,44-,45-,47-/m0/s1. The van der Waals surface area contributed by atoms with E-state index in [0.717, 1.165) is 22.8 Å². The van der Waals surface area contributed by atoms with E-state index in [1.54, 1.807) is 21.1 Å². The number of hydrogen-bond acceptors (Lipinski definition) is 10. The summed E-state index contributed by atoms with van der Waals surface area (Å²) in [6.45, 7) is 10.0. The van der Waals surface area contributed by atoms with Gasteiger partial charge in [-0.3, -0.25) is 4.79 Å². The number of hydrogen-bond donors (Lipinski definition) is 4. The molecule has 1 aromatic heterocycles. The Morgan fingerprint density at radius 2 is 1.59 bits per heavy atom. The van der Waals surface area contributed by atoms with Gasteiger partial charge in [-0.1, -0.05) is 130 Å². The molecule has 4 aromatic carbocycles. The van der Waals surface area contributed by atoms with Gasteiger partial charge >= 0.3 is 6.03 Å². The minimum Gasteiger partial charge on any atom is -0.411 e. The van der Waals surface area contributed by atoms with Crippen molar-refractivity contribution in [3.8, 4) is 11.1 Å². The zero-order chi connectivity index (χ0) is 45.4. The van der Waals surface area contributed by atoms with E-state index in [1.165, 1.54) is 57.0 Å². The van der Waals surface area contributed by atoms with Gasteiger partial charge in [0.05, 0.1) is 35.5 Å². The summed E-state index contributed by atoms with van der Waals surface area (Å²) in [5, 5.41) is 33.5. The fourth-order valence-corrected chi connectivity index (χ4v) is 11.2. The van der Waals surface area contributed by atoms with Crippen LogP contribution in [-0.2, 0) is 34.3 Å². The van der Waals surface area contributed by atoms with Crippen molar-refractivity contribution in [1.82, 2.24) is 29.7 Å². The quantitative estimate of drug-likeness (QED) is 0.0349. The number of nitrogens with zero attached hydrogens (tertiary/aromatic N) is 5. The average molecular weight is 906 g/mol. The van der Waals surface area contributed by atoms with Crippen molar-refractivity contribution in [2.45, 2.75) is 82.6 Å². The van der Waals surface area contributed by atoms with Crippen LogP contribution in [0.5, 0.6) is 0 Å². The maximum atomic E-state index is 14.5. The van der Waals surface area contributed by atoms with Crippen molar-refractivity contribution >= 4 is 39.5 Å². The lowest BCUT2D eigenvalue weighted by Crippen LogP contribution is -2.57. The van der Waals surface area contributed by atoms with Crippen LogP contribution in [-0.4, -0.2) is 107 Å². The van der Waals surface area contributed by atoms with Crippen LogP contribution in [0.2, 0.25) is 0 Å². The summed E-state index contributed by atoms with van der Waals surface area (Å²) >= 11 is 1.56. The predicted octanol–water partition coefficient (Wildman–Crippen LogP) is 6.94. The molecule has 1 fully saturated rings. The second-order valence-electron chi connectivity index (χ2n) is 17.2. The first kappa shape index (κ1) is 46.5. The molecule has 64 heavy (non-hydrogen) atoms. The summed E-state index contributed by atoms with van der Waals surface area (Å²) < 4.78 is 29.3. The third-order valence-electron chi connectivity index (χ3n) is 12.2. The zero-order valence-electron chi connectivity index (χ0n) is 36.9. The lowest BCUT2D eigenvalue weighted by atomic mass is 9.95. The molecule has 0 unspecified atom stereocenters. The Morgan fingerprint density at radius 1 is 0.938 bits per heavy atom. The molecule has 2 heterocycles. The number of sulfonamides is 1. The monoisotopic (exact) mass is 905 g/mol. The SMILES string of the molecule is CC[C@H](C)[C@@H](C(=O)N[C@@H](Cc1ccccc1)[C@@H](O)CN(CC(C)C)S(=O)(=O)c1ccc(C=NO)cc1)N1CCN(Cc2csc(CNCC3c4ccccc4-c4ccccc43)n2)C1=O. The van der Waals surface area contributed by atoms with Gasteiger partial charge in [0.2, 0.25) is 15.9 Å². The number of rotatable bonds is 21. The van der Waals surface area contributed by atoms with E-state index >= 15 is 0 Å². The fourth-order valence-electron chi connectivity index (χ4n) is 8.81. The Kier molecular flexibility index (Phi) is 15.3. The van der Waals surface area contributed by atoms with Crippen LogP contribution in [0, 0.1) is 11.8 Å². The molecule has 3 amide bonds. The molecule has 13 nitrogen and oxygen atoms in total. The van der Waals surface area contributed by atoms with Gasteiger partial charge in [-0.2, -0.15) is 4.31 Å². The van der Waals surface area contributed by atoms with E-state index in [4.69, 9.17) is 10.2 Å². The number of fused-ring (bicyclic) bond motifs is 3. The van der Waals surface area contributed by atoms with Gasteiger partial charge in [0.1, 0.15) is 11.0 Å². The van der Waals surface area contributed by atoms with Crippen LogP contribution in [0.25, 0.3) is 11.1 Å². The molecule has 4 atom stereocenters. The number of carbonyl (C=O) groups is 2. The molecule has 338 valence electrons. The Bertz CT molecular complexity index is 2450. The first-order valence-corrected chi connectivity index (χ1v) is 24.4. The van der Waals surface area contributed by atoms with Gasteiger partial charge in [0.15, 0.2) is 0 Å². The van der Waals surface area contributed by atoms with E-state index in [1.807, 2.05) is 63.4 Å². The number of thiazole rings is 1. The highest BCUT2D eigenvalue weighted by molar-refractivity contribution is 7.89. The lowest BCUT2D eigenvalue weighted by Gasteiger charge is -2.35. The number of carbonyl (C=O) groups excluding carboxylic acids is 2. The lowest BCUT2D eigenvalue weighted by molar-refractivity contribution is -0.128. The fraction of sp³-hybridized carbons (Fsp3) is 0.388. The van der Waals surface area contributed by atoms with Gasteiger partial charge in [0, 0.05) is 50.6 Å². The summed E-state index contributed by atoms with van der Waals surface area (Å²) in [4.78, 5) is 37.0. The molecule has 1 aliphatic carbocycles. The van der Waals surface area contributed by atoms with E-state index in [0.29, 0.717) is 38.2 Å². The number of urea groups is 1. The number of aromatic nitrogens is 1. The van der Waals surface area contributed by atoms with Gasteiger partial charge in [-0.25, -0.2) is 18.2 Å². The molecule has 7 rings (SSSR count). The van der Waals surface area contributed by atoms with Crippen molar-refractivity contribution in [2.24, 2.45) is 17.0 Å². The largest absolute Gasteiger partial charge is 0.411 e. The molecule has 0 radical (unpaired) electrons. The van der Waals surface area contributed by atoms with Gasteiger partial charge < -0.3 is 30.7 Å². The maximum Gasteiger partial charge on any atom is 0.321 e. The third kappa shape index (κ3) is 10.7. The molecular weight excluding hydrogens is 847 g/mol. The molecule has 0 spiro atoms. The molecule has 0 bridgehead atoms. The number of oxime groups is 1. The van der Waals surface area contributed by atoms with Crippen molar-refractivity contribution in [1.29, 1.82) is 0 Å². The molecule has 5 aromatic rings. The number of benzene rings is 4. The first-order valence-electron chi connectivity index (χ1n) is 22.1. The summed E-state index contributed by atoms with van der Waals surface area (Å²) in [7, 11) is -4.08. The Labute approximate surface area is 380 Å². The number of aliphatic hydroxyl groups is 1. The summed E-state index contributed by atoms with van der Waals surface area (Å²) in [6, 6.07) is 30.5. The number of aliphatic hydroxyl groups excluding tert-OH is 1. The van der Waals surface area contributed by atoms with E-state index < -0.39 is 34.1 Å². The van der Waals surface area contributed by atoms with Crippen LogP contribution in [0.1, 0.15) is 73.0 Å². The maximum absolute atomic E-state index is 14.5. The van der Waals surface area contributed by atoms with E-state index in [9.17, 15) is 23.1 Å². The molecule has 15 heteroatoms. The van der Waals surface area contributed by atoms with Crippen LogP contribution in [0.15, 0.2) is 119 Å². The van der Waals surface area contributed by atoms with Gasteiger partial charge in [-0.15, -0.1) is 11.3 Å². The second-order valence-corrected chi connectivity index (χ2v) is 20.1. The molecule has 4 N–H and O–H groups in total. The minimum atomic E-state index is -4.08. The predicted molar refractivity (Wildman–Crippen MR) is 251 cm³/mol. The molecule has 0 saturated carbocycles. The van der Waals surface area contributed by atoms with Gasteiger partial charge in [-0.05, 0) is 63.8 Å². The first-order chi connectivity index (χ1) is 30.9. The third-order valence-corrected chi connectivity index (χ3v) is 15.0. The zero-order valence-corrected chi connectivity index (χ0v) is 38.5. The normalized spacial score (nSPS) is 16.1. The molecule has 1 saturated heterocycles. The van der Waals surface area contributed by atoms with Crippen LogP contribution in [0.3, 0.4) is 0 Å². The molecule has 1 aliphatic heterocycles. The molecule has 2 aliphatic rings. The number of amides is 3. The van der Waals surface area contributed by atoms with Crippen molar-refractivity contribution < 1.29 is 28.3 Å². The van der Waals surface area contributed by atoms with Crippen molar-refractivity contribution in [3.63, 3.8) is 0 Å². The number of nitrogens with one attached hydrogen (secondary N) is 2.